The molecular weight excluding hydrogens is 434 g/mol. The fourth-order valence-corrected chi connectivity index (χ4v) is 2.88. The van der Waals surface area contributed by atoms with Gasteiger partial charge in [0.15, 0.2) is 6.61 Å². The van der Waals surface area contributed by atoms with Crippen LogP contribution in [0.5, 0.6) is 5.75 Å². The van der Waals surface area contributed by atoms with Crippen LogP contribution in [0.25, 0.3) is 6.08 Å². The summed E-state index contributed by atoms with van der Waals surface area (Å²) in [5.74, 6) is -3.28. The lowest BCUT2D eigenvalue weighted by atomic mass is 10.1. The molecule has 1 aliphatic heterocycles. The van der Waals surface area contributed by atoms with Gasteiger partial charge in [-0.15, -0.1) is 0 Å². The lowest BCUT2D eigenvalue weighted by Gasteiger charge is -2.26. The molecule has 0 bridgehead atoms. The van der Waals surface area contributed by atoms with Gasteiger partial charge in [0.2, 0.25) is 0 Å². The molecule has 0 aromatic heterocycles. The molecule has 2 aromatic carbocycles. The van der Waals surface area contributed by atoms with Gasteiger partial charge < -0.3 is 9.84 Å². The molecule has 4 amide bonds. The molecule has 0 radical (unpaired) electrons. The van der Waals surface area contributed by atoms with Gasteiger partial charge in [-0.2, -0.15) is 0 Å². The van der Waals surface area contributed by atoms with Crippen molar-refractivity contribution >= 4 is 52.9 Å². The standard InChI is InChI=1S/C19H12ClN3O8/c20-11-4-5-15(31-9-16(24)25)10(6-11)7-14-17(26)21-19(28)22(18(14)27)12-2-1-3-13(8-12)23(29)30/h1-8H,9H2,(H,24,25)(H,21,26,28). The van der Waals surface area contributed by atoms with E-state index < -0.39 is 40.9 Å². The number of anilines is 1. The number of hydrogen-bond acceptors (Lipinski definition) is 7. The molecule has 1 heterocycles. The van der Waals surface area contributed by atoms with Crippen LogP contribution in [0.3, 0.4) is 0 Å². The normalized spacial score (nSPS) is 15.1. The minimum Gasteiger partial charge on any atom is -0.481 e. The zero-order valence-electron chi connectivity index (χ0n) is 15.4. The largest absolute Gasteiger partial charge is 0.481 e. The van der Waals surface area contributed by atoms with Gasteiger partial charge in [-0.3, -0.25) is 25.0 Å². The number of carbonyl (C=O) groups excluding carboxylic acids is 3. The third-order valence-corrected chi connectivity index (χ3v) is 4.26. The maximum absolute atomic E-state index is 12.9. The van der Waals surface area contributed by atoms with Crippen LogP contribution in [0.15, 0.2) is 48.0 Å². The number of nitro groups is 1. The molecule has 2 N–H and O–H groups in total. The second-order valence-electron chi connectivity index (χ2n) is 6.10. The van der Waals surface area contributed by atoms with Crippen LogP contribution in [0.4, 0.5) is 16.2 Å². The van der Waals surface area contributed by atoms with Crippen LogP contribution in [0.1, 0.15) is 5.56 Å². The highest BCUT2D eigenvalue weighted by molar-refractivity contribution is 6.39. The number of nitrogens with zero attached hydrogens (tertiary/aromatic N) is 2. The van der Waals surface area contributed by atoms with Crippen molar-refractivity contribution in [3.63, 3.8) is 0 Å². The van der Waals surface area contributed by atoms with Crippen molar-refractivity contribution < 1.29 is 33.9 Å². The van der Waals surface area contributed by atoms with Gasteiger partial charge in [0.05, 0.1) is 10.6 Å². The monoisotopic (exact) mass is 445 g/mol. The predicted octanol–water partition coefficient (Wildman–Crippen LogP) is 2.38. The number of benzene rings is 2. The second-order valence-corrected chi connectivity index (χ2v) is 6.54. The van der Waals surface area contributed by atoms with Gasteiger partial charge in [-0.1, -0.05) is 17.7 Å². The fraction of sp³-hybridized carbons (Fsp3) is 0.0526. The minimum absolute atomic E-state index is 0.0266. The smallest absolute Gasteiger partial charge is 0.341 e. The molecular formula is C19H12ClN3O8. The predicted molar refractivity (Wildman–Crippen MR) is 107 cm³/mol. The highest BCUT2D eigenvalue weighted by Crippen LogP contribution is 2.29. The lowest BCUT2D eigenvalue weighted by molar-refractivity contribution is -0.384. The molecule has 1 saturated heterocycles. The van der Waals surface area contributed by atoms with E-state index in [0.29, 0.717) is 4.90 Å². The number of carbonyl (C=O) groups is 4. The summed E-state index contributed by atoms with van der Waals surface area (Å²) in [5, 5.41) is 22.0. The van der Waals surface area contributed by atoms with Crippen molar-refractivity contribution in [2.75, 3.05) is 11.5 Å². The summed E-state index contributed by atoms with van der Waals surface area (Å²) in [6.45, 7) is -0.684. The molecule has 0 saturated carbocycles. The SMILES string of the molecule is O=C(O)COc1ccc(Cl)cc1C=C1C(=O)NC(=O)N(c2cccc([N+](=O)[O-])c2)C1=O. The topological polar surface area (TPSA) is 156 Å². The zero-order chi connectivity index (χ0) is 22.7. The Bertz CT molecular complexity index is 1160. The van der Waals surface area contributed by atoms with Gasteiger partial charge in [0, 0.05) is 22.7 Å². The molecule has 1 fully saturated rings. The summed E-state index contributed by atoms with van der Waals surface area (Å²) in [5.41, 5.74) is -0.864. The third kappa shape index (κ3) is 4.67. The number of halogens is 1. The van der Waals surface area contributed by atoms with E-state index >= 15 is 0 Å². The molecule has 12 heteroatoms. The van der Waals surface area contributed by atoms with E-state index in [1.807, 2.05) is 5.32 Å². The molecule has 2 aromatic rings. The number of rotatable bonds is 6. The highest BCUT2D eigenvalue weighted by atomic mass is 35.5. The Kier molecular flexibility index (Phi) is 5.97. The number of amides is 4. The molecule has 0 atom stereocenters. The Morgan fingerprint density at radius 1 is 1.23 bits per heavy atom. The van der Waals surface area contributed by atoms with Crippen LogP contribution in [0, 0.1) is 10.1 Å². The Balaban J connectivity index is 2.04. The molecule has 0 spiro atoms. The van der Waals surface area contributed by atoms with E-state index in [9.17, 15) is 29.3 Å². The van der Waals surface area contributed by atoms with Gasteiger partial charge in [0.1, 0.15) is 11.3 Å². The van der Waals surface area contributed by atoms with Crippen LogP contribution < -0.4 is 15.0 Å². The van der Waals surface area contributed by atoms with Gasteiger partial charge in [-0.05, 0) is 30.3 Å². The first-order valence-corrected chi connectivity index (χ1v) is 8.85. The third-order valence-electron chi connectivity index (χ3n) is 4.02. The number of non-ortho nitro benzene ring substituents is 1. The number of aliphatic carboxylic acids is 1. The number of carboxylic acids is 1. The van der Waals surface area contributed by atoms with Crippen molar-refractivity contribution in [3.8, 4) is 5.75 Å². The van der Waals surface area contributed by atoms with Crippen molar-refractivity contribution in [2.24, 2.45) is 0 Å². The van der Waals surface area contributed by atoms with Crippen LogP contribution in [0.2, 0.25) is 5.02 Å². The number of barbiturate groups is 1. The fourth-order valence-electron chi connectivity index (χ4n) is 2.70. The Morgan fingerprint density at radius 3 is 2.65 bits per heavy atom. The van der Waals surface area contributed by atoms with E-state index in [2.05, 4.69) is 0 Å². The lowest BCUT2D eigenvalue weighted by Crippen LogP contribution is -2.54. The number of nitro benzene ring substituents is 1. The number of nitrogens with one attached hydrogen (secondary N) is 1. The number of ether oxygens (including phenoxy) is 1. The van der Waals surface area contributed by atoms with E-state index in [4.69, 9.17) is 21.4 Å². The molecule has 3 rings (SSSR count). The number of hydrogen-bond donors (Lipinski definition) is 2. The Labute approximate surface area is 178 Å². The van der Waals surface area contributed by atoms with Crippen molar-refractivity contribution in [1.82, 2.24) is 5.32 Å². The van der Waals surface area contributed by atoms with E-state index in [1.54, 1.807) is 0 Å². The van der Waals surface area contributed by atoms with Crippen LogP contribution >= 0.6 is 11.6 Å². The average molecular weight is 446 g/mol. The summed E-state index contributed by atoms with van der Waals surface area (Å²) in [6.07, 6.45) is 1.08. The number of carboxylic acid groups (broad SMARTS) is 1. The van der Waals surface area contributed by atoms with E-state index in [1.165, 1.54) is 36.4 Å². The minimum atomic E-state index is -1.25. The first-order valence-electron chi connectivity index (χ1n) is 8.47. The molecule has 11 nitrogen and oxygen atoms in total. The van der Waals surface area contributed by atoms with Crippen LogP contribution in [-0.4, -0.2) is 40.5 Å². The van der Waals surface area contributed by atoms with Crippen molar-refractivity contribution in [2.45, 2.75) is 0 Å². The zero-order valence-corrected chi connectivity index (χ0v) is 16.2. The van der Waals surface area contributed by atoms with Crippen LogP contribution in [-0.2, 0) is 14.4 Å². The first kappa shape index (κ1) is 21.5. The maximum Gasteiger partial charge on any atom is 0.341 e. The number of imide groups is 2. The van der Waals surface area contributed by atoms with Gasteiger partial charge in [-0.25, -0.2) is 14.5 Å². The summed E-state index contributed by atoms with van der Waals surface area (Å²) >= 11 is 5.95. The first-order chi connectivity index (χ1) is 14.7. The molecule has 0 unspecified atom stereocenters. The summed E-state index contributed by atoms with van der Waals surface area (Å²) in [4.78, 5) is 59.2. The second kappa shape index (κ2) is 8.63. The van der Waals surface area contributed by atoms with Gasteiger partial charge in [0.25, 0.3) is 17.5 Å². The number of urea groups is 1. The molecule has 158 valence electrons. The Hall–Kier alpha value is -4.25. The van der Waals surface area contributed by atoms with E-state index in [0.717, 1.165) is 12.1 Å². The molecule has 1 aliphatic rings. The summed E-state index contributed by atoms with van der Waals surface area (Å²) in [6, 6.07) is 7.78. The van der Waals surface area contributed by atoms with Crippen molar-refractivity contribution in [1.29, 1.82) is 0 Å². The van der Waals surface area contributed by atoms with Gasteiger partial charge >= 0.3 is 12.0 Å². The quantitative estimate of drug-likeness (QED) is 0.297. The molecule has 31 heavy (non-hydrogen) atoms. The van der Waals surface area contributed by atoms with E-state index in [-0.39, 0.29) is 27.7 Å². The Morgan fingerprint density at radius 2 is 1.97 bits per heavy atom. The highest BCUT2D eigenvalue weighted by Gasteiger charge is 2.37. The average Bonchev–Trinajstić information content (AvgIpc) is 2.70. The summed E-state index contributed by atoms with van der Waals surface area (Å²) < 4.78 is 5.14. The van der Waals surface area contributed by atoms with Crippen molar-refractivity contribution in [3.05, 3.63) is 68.7 Å². The maximum atomic E-state index is 12.9. The molecule has 0 aliphatic carbocycles. The summed E-state index contributed by atoms with van der Waals surface area (Å²) in [7, 11) is 0.